The summed E-state index contributed by atoms with van der Waals surface area (Å²) in [5.74, 6) is 0. The fourth-order valence-corrected chi connectivity index (χ4v) is 2.04. The van der Waals surface area contributed by atoms with Gasteiger partial charge in [-0.3, -0.25) is 0 Å². The first-order chi connectivity index (χ1) is 7.49. The van der Waals surface area contributed by atoms with Crippen molar-refractivity contribution in [3.8, 4) is 6.07 Å². The molecular formula is C12H19N3S. The van der Waals surface area contributed by atoms with E-state index >= 15 is 0 Å². The zero-order chi connectivity index (χ0) is 12.2. The number of nitriles is 1. The molecule has 0 fully saturated rings. The monoisotopic (exact) mass is 237 g/mol. The van der Waals surface area contributed by atoms with E-state index in [9.17, 15) is 0 Å². The molecule has 0 bridgehead atoms. The molecule has 1 N–H and O–H groups in total. The zero-order valence-corrected chi connectivity index (χ0v) is 11.2. The Balaban J connectivity index is 2.63. The van der Waals surface area contributed by atoms with Crippen LogP contribution in [-0.4, -0.2) is 11.0 Å². The third-order valence-corrected chi connectivity index (χ3v) is 3.82. The second-order valence-electron chi connectivity index (χ2n) is 4.57. The second-order valence-corrected chi connectivity index (χ2v) is 5.43. The maximum absolute atomic E-state index is 9.01. The average molecular weight is 237 g/mol. The zero-order valence-electron chi connectivity index (χ0n) is 10.4. The van der Waals surface area contributed by atoms with Crippen LogP contribution in [0.4, 0.5) is 0 Å². The Morgan fingerprint density at radius 1 is 1.62 bits per heavy atom. The van der Waals surface area contributed by atoms with E-state index in [4.69, 9.17) is 5.26 Å². The van der Waals surface area contributed by atoms with Crippen LogP contribution in [-0.2, 0) is 12.0 Å². The molecule has 0 radical (unpaired) electrons. The molecule has 0 aliphatic rings. The molecular weight excluding hydrogens is 218 g/mol. The number of hydrogen-bond acceptors (Lipinski definition) is 4. The van der Waals surface area contributed by atoms with E-state index in [0.29, 0.717) is 6.04 Å². The van der Waals surface area contributed by atoms with Crippen LogP contribution in [0.15, 0.2) is 5.38 Å². The topological polar surface area (TPSA) is 48.7 Å². The lowest BCUT2D eigenvalue weighted by atomic mass is 9.97. The van der Waals surface area contributed by atoms with Crippen LogP contribution in [0.25, 0.3) is 0 Å². The summed E-state index contributed by atoms with van der Waals surface area (Å²) in [6.45, 7) is 8.90. The second kappa shape index (κ2) is 5.42. The molecule has 0 aromatic carbocycles. The molecule has 1 aromatic rings. The van der Waals surface area contributed by atoms with Crippen molar-refractivity contribution in [2.75, 3.05) is 0 Å². The summed E-state index contributed by atoms with van der Waals surface area (Å²) in [7, 11) is 0. The van der Waals surface area contributed by atoms with E-state index in [0.717, 1.165) is 23.7 Å². The van der Waals surface area contributed by atoms with E-state index < -0.39 is 5.41 Å². The van der Waals surface area contributed by atoms with Gasteiger partial charge in [0.1, 0.15) is 10.4 Å². The molecule has 0 amide bonds. The Labute approximate surface area is 102 Å². The standard InChI is InChI=1S/C12H19N3S/c1-5-9(2)14-6-10-7-16-11(15-10)12(3,4)8-13/h7,9,14H,5-6H2,1-4H3. The number of aromatic nitrogens is 1. The van der Waals surface area contributed by atoms with Gasteiger partial charge in [-0.1, -0.05) is 6.92 Å². The maximum Gasteiger partial charge on any atom is 0.113 e. The minimum Gasteiger partial charge on any atom is -0.309 e. The third-order valence-electron chi connectivity index (χ3n) is 2.61. The number of rotatable bonds is 5. The van der Waals surface area contributed by atoms with Crippen molar-refractivity contribution in [2.24, 2.45) is 0 Å². The van der Waals surface area contributed by atoms with Gasteiger partial charge in [-0.05, 0) is 27.2 Å². The Morgan fingerprint density at radius 2 is 2.31 bits per heavy atom. The minimum absolute atomic E-state index is 0.473. The van der Waals surface area contributed by atoms with Crippen molar-refractivity contribution in [1.82, 2.24) is 10.3 Å². The SMILES string of the molecule is CCC(C)NCc1csc(C(C)(C)C#N)n1. The number of nitrogens with one attached hydrogen (secondary N) is 1. The Hall–Kier alpha value is -0.920. The molecule has 1 unspecified atom stereocenters. The van der Waals surface area contributed by atoms with Crippen molar-refractivity contribution in [3.05, 3.63) is 16.1 Å². The first-order valence-corrected chi connectivity index (χ1v) is 6.47. The van der Waals surface area contributed by atoms with Crippen molar-refractivity contribution in [3.63, 3.8) is 0 Å². The highest BCUT2D eigenvalue weighted by molar-refractivity contribution is 7.09. The fraction of sp³-hybridized carbons (Fsp3) is 0.667. The Bertz CT molecular complexity index is 376. The highest BCUT2D eigenvalue weighted by atomic mass is 32.1. The van der Waals surface area contributed by atoms with Gasteiger partial charge in [0.05, 0.1) is 11.8 Å². The van der Waals surface area contributed by atoms with Crippen molar-refractivity contribution >= 4 is 11.3 Å². The predicted octanol–water partition coefficient (Wildman–Crippen LogP) is 2.83. The molecule has 1 rings (SSSR count). The van der Waals surface area contributed by atoms with Crippen LogP contribution in [0.1, 0.15) is 44.8 Å². The van der Waals surface area contributed by atoms with E-state index in [-0.39, 0.29) is 0 Å². The number of hydrogen-bond donors (Lipinski definition) is 1. The maximum atomic E-state index is 9.01. The summed E-state index contributed by atoms with van der Waals surface area (Å²) in [5.41, 5.74) is 0.558. The molecule has 0 aliphatic heterocycles. The van der Waals surface area contributed by atoms with E-state index in [1.54, 1.807) is 11.3 Å². The molecule has 0 saturated carbocycles. The Kier molecular flexibility index (Phi) is 4.45. The largest absolute Gasteiger partial charge is 0.309 e. The van der Waals surface area contributed by atoms with Gasteiger partial charge in [0.15, 0.2) is 0 Å². The van der Waals surface area contributed by atoms with E-state index in [1.807, 2.05) is 19.2 Å². The van der Waals surface area contributed by atoms with Gasteiger partial charge in [-0.2, -0.15) is 5.26 Å². The van der Waals surface area contributed by atoms with Crippen molar-refractivity contribution < 1.29 is 0 Å². The fourth-order valence-electron chi connectivity index (χ4n) is 1.15. The highest BCUT2D eigenvalue weighted by Crippen LogP contribution is 2.25. The predicted molar refractivity (Wildman–Crippen MR) is 67.3 cm³/mol. The van der Waals surface area contributed by atoms with Crippen LogP contribution < -0.4 is 5.32 Å². The molecule has 3 nitrogen and oxygen atoms in total. The number of thiazole rings is 1. The molecule has 0 spiro atoms. The van der Waals surface area contributed by atoms with Crippen molar-refractivity contribution in [1.29, 1.82) is 5.26 Å². The quantitative estimate of drug-likeness (QED) is 0.856. The summed E-state index contributed by atoms with van der Waals surface area (Å²) in [6, 6.07) is 2.78. The van der Waals surface area contributed by atoms with Gasteiger partial charge in [-0.25, -0.2) is 4.98 Å². The van der Waals surface area contributed by atoms with E-state index in [2.05, 4.69) is 30.2 Å². The van der Waals surface area contributed by atoms with Gasteiger partial charge in [0.25, 0.3) is 0 Å². The molecule has 88 valence electrons. The Morgan fingerprint density at radius 3 is 2.88 bits per heavy atom. The van der Waals surface area contributed by atoms with Crippen LogP contribution in [0, 0.1) is 11.3 Å². The first-order valence-electron chi connectivity index (χ1n) is 5.59. The lowest BCUT2D eigenvalue weighted by molar-refractivity contribution is 0.528. The molecule has 4 heteroatoms. The van der Waals surface area contributed by atoms with Crippen LogP contribution in [0.2, 0.25) is 0 Å². The smallest absolute Gasteiger partial charge is 0.113 e. The molecule has 0 aliphatic carbocycles. The van der Waals surface area contributed by atoms with Crippen LogP contribution >= 0.6 is 11.3 Å². The third kappa shape index (κ3) is 3.29. The molecule has 1 heterocycles. The first kappa shape index (κ1) is 13.1. The minimum atomic E-state index is -0.473. The summed E-state index contributed by atoms with van der Waals surface area (Å²) in [4.78, 5) is 4.49. The highest BCUT2D eigenvalue weighted by Gasteiger charge is 2.23. The lowest BCUT2D eigenvalue weighted by Crippen LogP contribution is -2.24. The van der Waals surface area contributed by atoms with E-state index in [1.165, 1.54) is 0 Å². The van der Waals surface area contributed by atoms with Gasteiger partial charge >= 0.3 is 0 Å². The lowest BCUT2D eigenvalue weighted by Gasteiger charge is -2.11. The average Bonchev–Trinajstić information content (AvgIpc) is 2.75. The van der Waals surface area contributed by atoms with Gasteiger partial charge < -0.3 is 5.32 Å². The summed E-state index contributed by atoms with van der Waals surface area (Å²) < 4.78 is 0. The normalized spacial score (nSPS) is 13.4. The van der Waals surface area contributed by atoms with Crippen LogP contribution in [0.5, 0.6) is 0 Å². The molecule has 0 saturated heterocycles. The van der Waals surface area contributed by atoms with Crippen LogP contribution in [0.3, 0.4) is 0 Å². The van der Waals surface area contributed by atoms with Gasteiger partial charge in [0.2, 0.25) is 0 Å². The van der Waals surface area contributed by atoms with Gasteiger partial charge in [-0.15, -0.1) is 11.3 Å². The summed E-state index contributed by atoms with van der Waals surface area (Å²) >= 11 is 1.57. The van der Waals surface area contributed by atoms with Crippen molar-refractivity contribution in [2.45, 2.75) is 52.1 Å². The molecule has 1 aromatic heterocycles. The number of nitrogens with zero attached hydrogens (tertiary/aromatic N) is 2. The molecule has 16 heavy (non-hydrogen) atoms. The summed E-state index contributed by atoms with van der Waals surface area (Å²) in [6.07, 6.45) is 1.11. The van der Waals surface area contributed by atoms with Gasteiger partial charge in [0, 0.05) is 18.0 Å². The summed E-state index contributed by atoms with van der Waals surface area (Å²) in [5, 5.41) is 15.3. The molecule has 1 atom stereocenters.